The Hall–Kier alpha value is -2.98. The Morgan fingerprint density at radius 3 is 2.56 bits per heavy atom. The number of amides is 2. The number of aromatic nitrogens is 3. The van der Waals surface area contributed by atoms with Crippen molar-refractivity contribution in [2.75, 3.05) is 25.5 Å². The van der Waals surface area contributed by atoms with Crippen LogP contribution in [0, 0.1) is 6.92 Å². The van der Waals surface area contributed by atoms with Gasteiger partial charge in [-0.15, -0.1) is 0 Å². The Bertz CT molecular complexity index is 1220. The molecule has 1 aromatic carbocycles. The van der Waals surface area contributed by atoms with Gasteiger partial charge in [-0.2, -0.15) is 5.10 Å². The number of hydrogen-bond acceptors (Lipinski definition) is 7. The molecule has 0 atom stereocenters. The molecule has 1 fully saturated rings. The number of likely N-dealkylation sites (tertiary alicyclic amines) is 1. The van der Waals surface area contributed by atoms with Gasteiger partial charge in [0.15, 0.2) is 5.69 Å². The molecule has 2 N–H and O–H groups in total. The number of thiazole rings is 1. The molecular formula is C24H32N6O3S. The third kappa shape index (κ3) is 5.56. The van der Waals surface area contributed by atoms with Crippen molar-refractivity contribution in [3.8, 4) is 10.6 Å². The van der Waals surface area contributed by atoms with E-state index < -0.39 is 11.7 Å². The van der Waals surface area contributed by atoms with Crippen LogP contribution in [0.4, 0.5) is 9.80 Å². The molecule has 3 aromatic rings. The molecule has 182 valence electrons. The highest BCUT2D eigenvalue weighted by molar-refractivity contribution is 7.19. The molecule has 0 bridgehead atoms. The highest BCUT2D eigenvalue weighted by atomic mass is 32.1. The van der Waals surface area contributed by atoms with Crippen molar-refractivity contribution in [2.45, 2.75) is 52.2 Å². The van der Waals surface area contributed by atoms with Gasteiger partial charge in [0.25, 0.3) is 5.91 Å². The summed E-state index contributed by atoms with van der Waals surface area (Å²) < 4.78 is 7.19. The van der Waals surface area contributed by atoms with Crippen molar-refractivity contribution in [1.29, 1.82) is 0 Å². The van der Waals surface area contributed by atoms with Gasteiger partial charge in [0.2, 0.25) is 0 Å². The normalized spacial score (nSPS) is 15.5. The van der Waals surface area contributed by atoms with E-state index in [1.807, 2.05) is 32.3 Å². The monoisotopic (exact) mass is 484 g/mol. The predicted octanol–water partition coefficient (Wildman–Crippen LogP) is 4.18. The zero-order valence-corrected chi connectivity index (χ0v) is 21.4. The number of fused-ring (bicyclic) bond motifs is 1. The molecule has 4 rings (SSSR count). The average Bonchev–Trinajstić information content (AvgIpc) is 3.31. The summed E-state index contributed by atoms with van der Waals surface area (Å²) in [6.45, 7) is 9.25. The van der Waals surface area contributed by atoms with Gasteiger partial charge in [-0.05, 0) is 78.4 Å². The minimum absolute atomic E-state index is 0.0808. The second-order valence-electron chi connectivity index (χ2n) is 9.91. The molecule has 0 aliphatic carbocycles. The second kappa shape index (κ2) is 9.34. The van der Waals surface area contributed by atoms with E-state index in [1.165, 1.54) is 11.3 Å². The molecule has 2 amide bonds. The third-order valence-electron chi connectivity index (χ3n) is 5.67. The molecule has 1 saturated heterocycles. The van der Waals surface area contributed by atoms with E-state index in [4.69, 9.17) is 4.74 Å². The summed E-state index contributed by atoms with van der Waals surface area (Å²) in [5, 5.41) is 12.4. The van der Waals surface area contributed by atoms with Gasteiger partial charge in [0.05, 0.1) is 5.52 Å². The van der Waals surface area contributed by atoms with Crippen LogP contribution in [-0.2, 0) is 11.8 Å². The summed E-state index contributed by atoms with van der Waals surface area (Å²) in [6, 6.07) is 4.09. The lowest BCUT2D eigenvalue weighted by molar-refractivity contribution is 0.0636. The van der Waals surface area contributed by atoms with Crippen LogP contribution in [0.5, 0.6) is 0 Å². The molecule has 0 unspecified atom stereocenters. The summed E-state index contributed by atoms with van der Waals surface area (Å²) in [5.74, 6) is -0.290. The van der Waals surface area contributed by atoms with Crippen molar-refractivity contribution in [2.24, 2.45) is 7.05 Å². The fourth-order valence-electron chi connectivity index (χ4n) is 4.04. The van der Waals surface area contributed by atoms with Crippen molar-refractivity contribution in [1.82, 2.24) is 25.0 Å². The van der Waals surface area contributed by atoms with Gasteiger partial charge >= 0.3 is 6.09 Å². The molecule has 10 heteroatoms. The van der Waals surface area contributed by atoms with Gasteiger partial charge < -0.3 is 15.0 Å². The number of anilines is 1. The Labute approximate surface area is 203 Å². The third-order valence-corrected chi connectivity index (χ3v) is 6.69. The van der Waals surface area contributed by atoms with E-state index in [0.29, 0.717) is 10.0 Å². The maximum Gasteiger partial charge on any atom is 0.412 e. The van der Waals surface area contributed by atoms with Gasteiger partial charge in [-0.25, -0.2) is 9.78 Å². The van der Waals surface area contributed by atoms with E-state index in [2.05, 4.69) is 32.7 Å². The summed E-state index contributed by atoms with van der Waals surface area (Å²) in [5.41, 5.74) is 2.36. The summed E-state index contributed by atoms with van der Waals surface area (Å²) >= 11 is 1.26. The fraction of sp³-hybridized carbons (Fsp3) is 0.500. The predicted molar refractivity (Wildman–Crippen MR) is 134 cm³/mol. The van der Waals surface area contributed by atoms with Crippen LogP contribution in [0.1, 0.15) is 49.7 Å². The molecule has 34 heavy (non-hydrogen) atoms. The number of ether oxygens (including phenoxy) is 1. The molecule has 0 spiro atoms. The first kappa shape index (κ1) is 24.2. The van der Waals surface area contributed by atoms with Crippen molar-refractivity contribution in [3.05, 3.63) is 29.6 Å². The minimum atomic E-state index is -0.656. The summed E-state index contributed by atoms with van der Waals surface area (Å²) in [6.07, 6.45) is 3.10. The van der Waals surface area contributed by atoms with E-state index in [0.717, 1.165) is 48.0 Å². The maximum absolute atomic E-state index is 13.2. The Balaban J connectivity index is 1.66. The highest BCUT2D eigenvalue weighted by Gasteiger charge is 2.26. The van der Waals surface area contributed by atoms with Crippen LogP contribution in [-0.4, -0.2) is 63.4 Å². The number of piperidine rings is 1. The lowest BCUT2D eigenvalue weighted by atomic mass is 10.1. The van der Waals surface area contributed by atoms with Crippen LogP contribution in [0.3, 0.4) is 0 Å². The van der Waals surface area contributed by atoms with Gasteiger partial charge in [0.1, 0.15) is 15.6 Å². The smallest absolute Gasteiger partial charge is 0.412 e. The first-order valence-corrected chi connectivity index (χ1v) is 12.2. The van der Waals surface area contributed by atoms with Crippen LogP contribution >= 0.6 is 11.3 Å². The molecule has 3 heterocycles. The van der Waals surface area contributed by atoms with Crippen molar-refractivity contribution >= 4 is 39.2 Å². The van der Waals surface area contributed by atoms with E-state index in [9.17, 15) is 9.59 Å². The van der Waals surface area contributed by atoms with Crippen molar-refractivity contribution < 1.29 is 14.3 Å². The van der Waals surface area contributed by atoms with Gasteiger partial charge in [-0.1, -0.05) is 11.3 Å². The average molecular weight is 485 g/mol. The van der Waals surface area contributed by atoms with Crippen LogP contribution in [0.15, 0.2) is 18.3 Å². The summed E-state index contributed by atoms with van der Waals surface area (Å²) in [7, 11) is 3.96. The van der Waals surface area contributed by atoms with E-state index in [-0.39, 0.29) is 17.6 Å². The molecule has 1 aliphatic heterocycles. The lowest BCUT2D eigenvalue weighted by Crippen LogP contribution is -2.43. The van der Waals surface area contributed by atoms with Crippen LogP contribution in [0.25, 0.3) is 21.5 Å². The van der Waals surface area contributed by atoms with Crippen LogP contribution < -0.4 is 10.6 Å². The molecular weight excluding hydrogens is 452 g/mol. The largest absolute Gasteiger partial charge is 0.444 e. The first-order valence-electron chi connectivity index (χ1n) is 11.4. The maximum atomic E-state index is 13.2. The number of aryl methyl sites for hydroxylation is 2. The van der Waals surface area contributed by atoms with E-state index in [1.54, 1.807) is 25.5 Å². The topological polar surface area (TPSA) is 101 Å². The summed E-state index contributed by atoms with van der Waals surface area (Å²) in [4.78, 5) is 32.6. The highest BCUT2D eigenvalue weighted by Crippen LogP contribution is 2.35. The number of hydrogen-bond donors (Lipinski definition) is 2. The Morgan fingerprint density at radius 1 is 1.18 bits per heavy atom. The quantitative estimate of drug-likeness (QED) is 0.576. The molecule has 0 saturated carbocycles. The van der Waals surface area contributed by atoms with Crippen molar-refractivity contribution in [3.63, 3.8) is 0 Å². The van der Waals surface area contributed by atoms with E-state index >= 15 is 0 Å². The molecule has 1 aliphatic rings. The number of nitrogens with zero attached hydrogens (tertiary/aromatic N) is 4. The zero-order valence-electron chi connectivity index (χ0n) is 20.6. The number of carbonyl (C=O) groups excluding carboxylic acids is 2. The van der Waals surface area contributed by atoms with Crippen LogP contribution in [0.2, 0.25) is 0 Å². The Kier molecular flexibility index (Phi) is 6.64. The van der Waals surface area contributed by atoms with Gasteiger partial charge in [-0.3, -0.25) is 14.8 Å². The van der Waals surface area contributed by atoms with Gasteiger partial charge in [0, 0.05) is 30.2 Å². The first-order chi connectivity index (χ1) is 16.0. The second-order valence-corrected chi connectivity index (χ2v) is 10.9. The number of nitrogens with one attached hydrogen (secondary N) is 2. The zero-order chi connectivity index (χ0) is 24.6. The SMILES string of the molecule is Cc1cc(-c2nc(C(=O)NC3CCN(C)CC3)c(NC(=O)OC(C)(C)C)s2)cc2cn(C)nc12. The minimum Gasteiger partial charge on any atom is -0.444 e. The molecule has 9 nitrogen and oxygen atoms in total. The number of carbonyl (C=O) groups is 2. The lowest BCUT2D eigenvalue weighted by Gasteiger charge is -2.29. The number of rotatable bonds is 4. The Morgan fingerprint density at radius 2 is 1.88 bits per heavy atom. The number of benzene rings is 1. The molecule has 2 aromatic heterocycles. The fourth-order valence-corrected chi connectivity index (χ4v) is 4.97. The standard InChI is InChI=1S/C24H32N6O3S/c1-14-11-15(12-16-13-30(6)28-18(14)16)21-26-19(20(31)25-17-7-9-29(5)10-8-17)22(34-21)27-23(32)33-24(2,3)4/h11-13,17H,7-10H2,1-6H3,(H,25,31)(H,27,32). The molecule has 0 radical (unpaired) electrons.